The Bertz CT molecular complexity index is 1040. The molecule has 4 amide bonds. The number of carbonyl (C=O) groups excluding carboxylic acids is 4. The summed E-state index contributed by atoms with van der Waals surface area (Å²) in [4.78, 5) is 54.2. The maximum atomic E-state index is 13.3. The summed E-state index contributed by atoms with van der Waals surface area (Å²) in [6.07, 6.45) is 0.941. The summed E-state index contributed by atoms with van der Waals surface area (Å²) >= 11 is 0. The third-order valence-corrected chi connectivity index (χ3v) is 5.90. The second-order valence-corrected chi connectivity index (χ2v) is 9.01. The van der Waals surface area contributed by atoms with E-state index in [-0.39, 0.29) is 42.6 Å². The van der Waals surface area contributed by atoms with E-state index < -0.39 is 6.04 Å². The Morgan fingerprint density at radius 3 is 2.21 bits per heavy atom. The van der Waals surface area contributed by atoms with Crippen molar-refractivity contribution in [1.82, 2.24) is 15.1 Å². The van der Waals surface area contributed by atoms with Gasteiger partial charge < -0.3 is 10.2 Å². The number of hydrogen-bond acceptors (Lipinski definition) is 4. The predicted octanol–water partition coefficient (Wildman–Crippen LogP) is 3.70. The molecule has 3 rings (SSSR count). The average Bonchev–Trinajstić information content (AvgIpc) is 3.03. The van der Waals surface area contributed by atoms with Crippen molar-refractivity contribution in [3.8, 4) is 0 Å². The minimum absolute atomic E-state index is 0.0358. The fourth-order valence-electron chi connectivity index (χ4n) is 4.28. The Morgan fingerprint density at radius 2 is 1.65 bits per heavy atom. The minimum atomic E-state index is -0.602. The monoisotopic (exact) mass is 463 g/mol. The molecular weight excluding hydrogens is 430 g/mol. The van der Waals surface area contributed by atoms with E-state index in [1.54, 1.807) is 29.2 Å². The van der Waals surface area contributed by atoms with Gasteiger partial charge in [-0.15, -0.1) is 0 Å². The number of fused-ring (bicyclic) bond motifs is 1. The predicted molar refractivity (Wildman–Crippen MR) is 130 cm³/mol. The molecule has 0 saturated heterocycles. The van der Waals surface area contributed by atoms with Crippen LogP contribution in [0.3, 0.4) is 0 Å². The fraction of sp³-hybridized carbons (Fsp3) is 0.407. The molecule has 7 heteroatoms. The Labute approximate surface area is 201 Å². The first-order valence-electron chi connectivity index (χ1n) is 11.8. The first-order chi connectivity index (χ1) is 16.2. The van der Waals surface area contributed by atoms with Crippen LogP contribution in [-0.4, -0.2) is 52.1 Å². The van der Waals surface area contributed by atoms with Gasteiger partial charge >= 0.3 is 0 Å². The summed E-state index contributed by atoms with van der Waals surface area (Å²) < 4.78 is 0. The number of benzene rings is 2. The zero-order valence-electron chi connectivity index (χ0n) is 20.3. The van der Waals surface area contributed by atoms with Crippen LogP contribution in [0.2, 0.25) is 0 Å². The lowest BCUT2D eigenvalue weighted by atomic mass is 10.1. The van der Waals surface area contributed by atoms with Crippen molar-refractivity contribution in [3.63, 3.8) is 0 Å². The van der Waals surface area contributed by atoms with Crippen molar-refractivity contribution in [2.75, 3.05) is 6.54 Å². The minimum Gasteiger partial charge on any atom is -0.352 e. The molecule has 2 aromatic rings. The highest BCUT2D eigenvalue weighted by Gasteiger charge is 2.35. The van der Waals surface area contributed by atoms with Gasteiger partial charge in [0.15, 0.2) is 0 Å². The van der Waals surface area contributed by atoms with Gasteiger partial charge in [-0.05, 0) is 51.3 Å². The molecule has 0 unspecified atom stereocenters. The number of carbonyl (C=O) groups is 4. The van der Waals surface area contributed by atoms with Crippen LogP contribution < -0.4 is 5.32 Å². The molecule has 0 radical (unpaired) electrons. The standard InChI is InChI=1S/C27H33N3O4/c1-5-23(25(32)28-18(2)3)30(17-20-11-8-10-19(4)16-20)24(31)14-9-15-29-26(33)21-12-6-7-13-22(21)27(29)34/h6-8,10-13,16,18,23H,5,9,14-15,17H2,1-4H3,(H,28,32)/t23-/m0/s1. The molecule has 34 heavy (non-hydrogen) atoms. The lowest BCUT2D eigenvalue weighted by molar-refractivity contribution is -0.141. The van der Waals surface area contributed by atoms with Gasteiger partial charge in [-0.3, -0.25) is 24.1 Å². The number of nitrogens with one attached hydrogen (secondary N) is 1. The van der Waals surface area contributed by atoms with Gasteiger partial charge in [0.05, 0.1) is 11.1 Å². The van der Waals surface area contributed by atoms with Crippen LogP contribution in [0.5, 0.6) is 0 Å². The molecule has 2 aromatic carbocycles. The highest BCUT2D eigenvalue weighted by molar-refractivity contribution is 6.21. The SMILES string of the molecule is CC[C@@H](C(=O)NC(C)C)N(Cc1cccc(C)c1)C(=O)CCCN1C(=O)c2ccccc2C1=O. The topological polar surface area (TPSA) is 86.8 Å². The van der Waals surface area contributed by atoms with E-state index in [4.69, 9.17) is 0 Å². The van der Waals surface area contributed by atoms with E-state index in [2.05, 4.69) is 5.32 Å². The second-order valence-electron chi connectivity index (χ2n) is 9.01. The summed E-state index contributed by atoms with van der Waals surface area (Å²) in [6.45, 7) is 8.13. The highest BCUT2D eigenvalue weighted by atomic mass is 16.2. The van der Waals surface area contributed by atoms with Crippen molar-refractivity contribution in [2.24, 2.45) is 0 Å². The molecule has 0 aliphatic carbocycles. The van der Waals surface area contributed by atoms with Gasteiger partial charge in [-0.2, -0.15) is 0 Å². The molecule has 1 aliphatic heterocycles. The molecule has 1 N–H and O–H groups in total. The summed E-state index contributed by atoms with van der Waals surface area (Å²) in [5.74, 6) is -1.01. The molecule has 0 spiro atoms. The zero-order valence-corrected chi connectivity index (χ0v) is 20.3. The normalized spacial score (nSPS) is 13.7. The van der Waals surface area contributed by atoms with Gasteiger partial charge in [0.2, 0.25) is 11.8 Å². The van der Waals surface area contributed by atoms with E-state index in [1.807, 2.05) is 52.0 Å². The molecule has 1 atom stereocenters. The van der Waals surface area contributed by atoms with E-state index in [1.165, 1.54) is 4.90 Å². The fourth-order valence-corrected chi connectivity index (χ4v) is 4.28. The molecule has 1 heterocycles. The number of amides is 4. The number of hydrogen-bond donors (Lipinski definition) is 1. The molecule has 7 nitrogen and oxygen atoms in total. The average molecular weight is 464 g/mol. The van der Waals surface area contributed by atoms with Crippen molar-refractivity contribution >= 4 is 23.6 Å². The molecule has 0 saturated carbocycles. The summed E-state index contributed by atoms with van der Waals surface area (Å²) in [5, 5.41) is 2.92. The van der Waals surface area contributed by atoms with Crippen molar-refractivity contribution in [2.45, 2.75) is 65.6 Å². The van der Waals surface area contributed by atoms with Crippen LogP contribution in [0.1, 0.15) is 71.9 Å². The van der Waals surface area contributed by atoms with E-state index in [0.717, 1.165) is 11.1 Å². The van der Waals surface area contributed by atoms with E-state index in [0.29, 0.717) is 30.5 Å². The van der Waals surface area contributed by atoms with Crippen molar-refractivity contribution < 1.29 is 19.2 Å². The first kappa shape index (κ1) is 25.1. The largest absolute Gasteiger partial charge is 0.352 e. The maximum absolute atomic E-state index is 13.3. The summed E-state index contributed by atoms with van der Waals surface area (Å²) in [5.41, 5.74) is 2.83. The third kappa shape index (κ3) is 5.71. The van der Waals surface area contributed by atoms with Crippen LogP contribution >= 0.6 is 0 Å². The van der Waals surface area contributed by atoms with E-state index in [9.17, 15) is 19.2 Å². The molecular formula is C27H33N3O4. The van der Waals surface area contributed by atoms with Crippen LogP contribution in [0, 0.1) is 6.92 Å². The van der Waals surface area contributed by atoms with Crippen molar-refractivity contribution in [3.05, 3.63) is 70.8 Å². The van der Waals surface area contributed by atoms with Gasteiger partial charge in [0.25, 0.3) is 11.8 Å². The lowest BCUT2D eigenvalue weighted by Crippen LogP contribution is -2.50. The third-order valence-electron chi connectivity index (χ3n) is 5.90. The van der Waals surface area contributed by atoms with Gasteiger partial charge in [0.1, 0.15) is 6.04 Å². The molecule has 0 aromatic heterocycles. The molecule has 180 valence electrons. The second kappa shape index (κ2) is 11.1. The Balaban J connectivity index is 1.71. The van der Waals surface area contributed by atoms with Crippen molar-refractivity contribution in [1.29, 1.82) is 0 Å². The van der Waals surface area contributed by atoms with Gasteiger partial charge in [-0.25, -0.2) is 0 Å². The quantitative estimate of drug-likeness (QED) is 0.545. The molecule has 1 aliphatic rings. The number of rotatable bonds is 10. The summed E-state index contributed by atoms with van der Waals surface area (Å²) in [6, 6.07) is 14.0. The summed E-state index contributed by atoms with van der Waals surface area (Å²) in [7, 11) is 0. The van der Waals surface area contributed by atoms with Crippen LogP contribution in [0.15, 0.2) is 48.5 Å². The van der Waals surface area contributed by atoms with Crippen LogP contribution in [0.4, 0.5) is 0 Å². The lowest BCUT2D eigenvalue weighted by Gasteiger charge is -2.31. The van der Waals surface area contributed by atoms with E-state index >= 15 is 0 Å². The molecule has 0 bridgehead atoms. The highest BCUT2D eigenvalue weighted by Crippen LogP contribution is 2.23. The first-order valence-corrected chi connectivity index (χ1v) is 11.8. The van der Waals surface area contributed by atoms with Crippen LogP contribution in [-0.2, 0) is 16.1 Å². The van der Waals surface area contributed by atoms with Crippen LogP contribution in [0.25, 0.3) is 0 Å². The van der Waals surface area contributed by atoms with Gasteiger partial charge in [0, 0.05) is 25.6 Å². The smallest absolute Gasteiger partial charge is 0.261 e. The zero-order chi connectivity index (χ0) is 24.8. The number of imide groups is 1. The Kier molecular flexibility index (Phi) is 8.21. The maximum Gasteiger partial charge on any atom is 0.261 e. The number of aryl methyl sites for hydroxylation is 1. The Morgan fingerprint density at radius 1 is 1.00 bits per heavy atom. The van der Waals surface area contributed by atoms with Gasteiger partial charge in [-0.1, -0.05) is 48.9 Å². The Hall–Kier alpha value is -3.48. The number of nitrogens with zero attached hydrogens (tertiary/aromatic N) is 2. The molecule has 0 fully saturated rings.